The predicted octanol–water partition coefficient (Wildman–Crippen LogP) is 2.36. The number of hydrogen-bond donors (Lipinski definition) is 1. The Bertz CT molecular complexity index is 522. The molecule has 2 aliphatic rings. The van der Waals surface area contributed by atoms with Crippen molar-refractivity contribution in [3.05, 3.63) is 23.8 Å². The molecule has 0 aromatic heterocycles. The lowest BCUT2D eigenvalue weighted by molar-refractivity contribution is -0.121. The standard InChI is InChI=1S/C17H24N2O2/c1-12(2)10-19-15-9-13(8-14-4-3-7-18-14)5-6-16(15)21-11-17(19)20/h5-6,9,12,14,18H,3-4,7-8,10-11H2,1-2H3. The highest BCUT2D eigenvalue weighted by Crippen LogP contribution is 2.34. The number of benzene rings is 1. The Morgan fingerprint density at radius 1 is 1.43 bits per heavy atom. The molecule has 0 bridgehead atoms. The Labute approximate surface area is 126 Å². The smallest absolute Gasteiger partial charge is 0.265 e. The molecule has 2 aliphatic heterocycles. The third kappa shape index (κ3) is 3.21. The van der Waals surface area contributed by atoms with Gasteiger partial charge in [-0.05, 0) is 49.4 Å². The molecule has 1 atom stereocenters. The maximum atomic E-state index is 12.1. The van der Waals surface area contributed by atoms with Crippen LogP contribution < -0.4 is 15.0 Å². The third-order valence-electron chi connectivity index (χ3n) is 4.16. The highest BCUT2D eigenvalue weighted by molar-refractivity contribution is 5.97. The highest BCUT2D eigenvalue weighted by atomic mass is 16.5. The second-order valence-corrected chi connectivity index (χ2v) is 6.49. The van der Waals surface area contributed by atoms with E-state index >= 15 is 0 Å². The van der Waals surface area contributed by atoms with Gasteiger partial charge in [-0.2, -0.15) is 0 Å². The van der Waals surface area contributed by atoms with Crippen LogP contribution in [-0.4, -0.2) is 31.6 Å². The molecule has 4 heteroatoms. The summed E-state index contributed by atoms with van der Waals surface area (Å²) in [5, 5.41) is 3.53. The van der Waals surface area contributed by atoms with Crippen LogP contribution in [0.3, 0.4) is 0 Å². The molecule has 0 radical (unpaired) electrons. The molecule has 1 amide bonds. The average molecular weight is 288 g/mol. The summed E-state index contributed by atoms with van der Waals surface area (Å²) in [5.41, 5.74) is 2.22. The lowest BCUT2D eigenvalue weighted by Gasteiger charge is -2.31. The van der Waals surface area contributed by atoms with Crippen LogP contribution in [0.2, 0.25) is 0 Å². The van der Waals surface area contributed by atoms with Crippen LogP contribution in [-0.2, 0) is 11.2 Å². The number of carbonyl (C=O) groups excluding carboxylic acids is 1. The number of hydrogen-bond acceptors (Lipinski definition) is 3. The van der Waals surface area contributed by atoms with Crippen molar-refractivity contribution >= 4 is 11.6 Å². The fourth-order valence-electron chi connectivity index (χ4n) is 3.16. The quantitative estimate of drug-likeness (QED) is 0.925. The zero-order valence-electron chi connectivity index (χ0n) is 12.9. The maximum Gasteiger partial charge on any atom is 0.265 e. The molecule has 1 aromatic carbocycles. The van der Waals surface area contributed by atoms with Gasteiger partial charge in [-0.15, -0.1) is 0 Å². The summed E-state index contributed by atoms with van der Waals surface area (Å²) < 4.78 is 5.57. The van der Waals surface area contributed by atoms with Gasteiger partial charge in [0.1, 0.15) is 5.75 Å². The van der Waals surface area contributed by atoms with E-state index in [1.807, 2.05) is 11.0 Å². The van der Waals surface area contributed by atoms with Crippen LogP contribution >= 0.6 is 0 Å². The Balaban J connectivity index is 1.83. The van der Waals surface area contributed by atoms with E-state index in [4.69, 9.17) is 4.74 Å². The number of nitrogens with one attached hydrogen (secondary N) is 1. The average Bonchev–Trinajstić information content (AvgIpc) is 2.95. The van der Waals surface area contributed by atoms with Crippen molar-refractivity contribution in [1.29, 1.82) is 0 Å². The number of fused-ring (bicyclic) bond motifs is 1. The van der Waals surface area contributed by atoms with Gasteiger partial charge in [0.2, 0.25) is 0 Å². The van der Waals surface area contributed by atoms with Gasteiger partial charge in [-0.3, -0.25) is 4.79 Å². The van der Waals surface area contributed by atoms with E-state index in [1.54, 1.807) is 0 Å². The van der Waals surface area contributed by atoms with Crippen LogP contribution in [0.1, 0.15) is 32.3 Å². The minimum Gasteiger partial charge on any atom is -0.482 e. The van der Waals surface area contributed by atoms with Crippen molar-refractivity contribution in [1.82, 2.24) is 5.32 Å². The van der Waals surface area contributed by atoms with Gasteiger partial charge in [-0.1, -0.05) is 19.9 Å². The van der Waals surface area contributed by atoms with E-state index in [-0.39, 0.29) is 12.5 Å². The molecule has 1 unspecified atom stereocenters. The summed E-state index contributed by atoms with van der Waals surface area (Å²) in [4.78, 5) is 14.0. The second kappa shape index (κ2) is 6.06. The van der Waals surface area contributed by atoms with Gasteiger partial charge in [-0.25, -0.2) is 0 Å². The molecule has 114 valence electrons. The number of amides is 1. The fraction of sp³-hybridized carbons (Fsp3) is 0.588. The molecule has 1 saturated heterocycles. The van der Waals surface area contributed by atoms with E-state index in [0.717, 1.165) is 30.9 Å². The SMILES string of the molecule is CC(C)CN1C(=O)COc2ccc(CC3CCCN3)cc21. The maximum absolute atomic E-state index is 12.1. The fourth-order valence-corrected chi connectivity index (χ4v) is 3.16. The summed E-state index contributed by atoms with van der Waals surface area (Å²) in [6.07, 6.45) is 3.52. The van der Waals surface area contributed by atoms with Crippen molar-refractivity contribution in [3.63, 3.8) is 0 Å². The molecule has 4 nitrogen and oxygen atoms in total. The molecule has 21 heavy (non-hydrogen) atoms. The topological polar surface area (TPSA) is 41.6 Å². The predicted molar refractivity (Wildman–Crippen MR) is 83.9 cm³/mol. The first-order valence-corrected chi connectivity index (χ1v) is 7.93. The monoisotopic (exact) mass is 288 g/mol. The Hall–Kier alpha value is -1.55. The molecule has 0 aliphatic carbocycles. The van der Waals surface area contributed by atoms with Gasteiger partial charge in [0.15, 0.2) is 6.61 Å². The van der Waals surface area contributed by atoms with Gasteiger partial charge in [0.25, 0.3) is 5.91 Å². The number of nitrogens with zero attached hydrogens (tertiary/aromatic N) is 1. The molecular weight excluding hydrogens is 264 g/mol. The third-order valence-corrected chi connectivity index (χ3v) is 4.16. The van der Waals surface area contributed by atoms with Crippen molar-refractivity contribution in [3.8, 4) is 5.75 Å². The van der Waals surface area contributed by atoms with Gasteiger partial charge < -0.3 is 15.0 Å². The van der Waals surface area contributed by atoms with Crippen molar-refractivity contribution in [2.75, 3.05) is 24.6 Å². The zero-order chi connectivity index (χ0) is 14.8. The number of ether oxygens (including phenoxy) is 1. The van der Waals surface area contributed by atoms with Crippen molar-refractivity contribution < 1.29 is 9.53 Å². The number of anilines is 1. The lowest BCUT2D eigenvalue weighted by atomic mass is 10.0. The Morgan fingerprint density at radius 2 is 2.29 bits per heavy atom. The van der Waals surface area contributed by atoms with Crippen LogP contribution in [0.4, 0.5) is 5.69 Å². The summed E-state index contributed by atoms with van der Waals surface area (Å²) in [5.74, 6) is 1.34. The molecule has 1 N–H and O–H groups in total. The van der Waals surface area contributed by atoms with Crippen LogP contribution in [0.25, 0.3) is 0 Å². The minimum absolute atomic E-state index is 0.0624. The Kier molecular flexibility index (Phi) is 4.15. The van der Waals surface area contributed by atoms with Crippen LogP contribution in [0, 0.1) is 5.92 Å². The minimum atomic E-state index is 0.0624. The lowest BCUT2D eigenvalue weighted by Crippen LogP contribution is -2.41. The first-order valence-electron chi connectivity index (χ1n) is 7.93. The van der Waals surface area contributed by atoms with Crippen molar-refractivity contribution in [2.24, 2.45) is 5.92 Å². The largest absolute Gasteiger partial charge is 0.482 e. The number of carbonyl (C=O) groups is 1. The summed E-state index contributed by atoms with van der Waals surface area (Å²) >= 11 is 0. The number of rotatable bonds is 4. The normalized spacial score (nSPS) is 21.6. The summed E-state index contributed by atoms with van der Waals surface area (Å²) in [7, 11) is 0. The molecule has 2 heterocycles. The van der Waals surface area contributed by atoms with Crippen LogP contribution in [0.5, 0.6) is 5.75 Å². The van der Waals surface area contributed by atoms with Gasteiger partial charge in [0.05, 0.1) is 5.69 Å². The van der Waals surface area contributed by atoms with E-state index in [0.29, 0.717) is 12.0 Å². The second-order valence-electron chi connectivity index (χ2n) is 6.49. The molecule has 0 saturated carbocycles. The highest BCUT2D eigenvalue weighted by Gasteiger charge is 2.26. The summed E-state index contributed by atoms with van der Waals surface area (Å²) in [6.45, 7) is 6.30. The van der Waals surface area contributed by atoms with Gasteiger partial charge >= 0.3 is 0 Å². The first-order chi connectivity index (χ1) is 10.1. The Morgan fingerprint density at radius 3 is 3.00 bits per heavy atom. The first kappa shape index (κ1) is 14.4. The van der Waals surface area contributed by atoms with E-state index < -0.39 is 0 Å². The van der Waals surface area contributed by atoms with Crippen molar-refractivity contribution in [2.45, 2.75) is 39.2 Å². The van der Waals surface area contributed by atoms with E-state index in [2.05, 4.69) is 31.3 Å². The van der Waals surface area contributed by atoms with E-state index in [1.165, 1.54) is 18.4 Å². The van der Waals surface area contributed by atoms with Gasteiger partial charge in [0, 0.05) is 12.6 Å². The zero-order valence-corrected chi connectivity index (χ0v) is 12.9. The molecular formula is C17H24N2O2. The molecule has 1 aromatic rings. The van der Waals surface area contributed by atoms with Crippen LogP contribution in [0.15, 0.2) is 18.2 Å². The van der Waals surface area contributed by atoms with E-state index in [9.17, 15) is 4.79 Å². The molecule has 1 fully saturated rings. The summed E-state index contributed by atoms with van der Waals surface area (Å²) in [6, 6.07) is 6.85. The molecule has 3 rings (SSSR count). The molecule has 0 spiro atoms.